The van der Waals surface area contributed by atoms with Crippen LogP contribution in [0.5, 0.6) is 0 Å². The number of rotatable bonds is 9. The molecule has 11 atom stereocenters. The van der Waals surface area contributed by atoms with Crippen LogP contribution in [-0.2, 0) is 32.0 Å². The van der Waals surface area contributed by atoms with Crippen molar-refractivity contribution >= 4 is 32.6 Å². The highest BCUT2D eigenvalue weighted by Crippen LogP contribution is 2.61. The van der Waals surface area contributed by atoms with Crippen molar-refractivity contribution in [2.24, 2.45) is 0 Å². The lowest BCUT2D eigenvalue weighted by Gasteiger charge is -2.39. The number of nitrogens with two attached hydrogens (primary N) is 1. The first-order valence-electron chi connectivity index (χ1n) is 10.7. The number of phosphoric ester groups is 2. The number of fused-ring (bicyclic) bond motifs is 1. The molecule has 0 amide bonds. The van der Waals surface area contributed by atoms with Crippen molar-refractivity contribution in [3.8, 4) is 0 Å². The lowest BCUT2D eigenvalue weighted by atomic mass is 10.00. The minimum Gasteiger partial charge on any atom is -0.394 e. The average Bonchev–Trinajstić information content (AvgIpc) is 3.39. The number of aliphatic hydroxyl groups excluding tert-OH is 6. The van der Waals surface area contributed by atoms with E-state index in [-0.39, 0.29) is 17.0 Å². The van der Waals surface area contributed by atoms with Gasteiger partial charge in [-0.2, -0.15) is 4.31 Å². The summed E-state index contributed by atoms with van der Waals surface area (Å²) >= 11 is 0. The Hall–Kier alpha value is -1.71. The number of anilines is 1. The third kappa shape index (κ3) is 5.89. The molecule has 10 N–H and O–H groups in total. The van der Waals surface area contributed by atoms with Gasteiger partial charge < -0.3 is 55.6 Å². The van der Waals surface area contributed by atoms with Gasteiger partial charge in [-0.25, -0.2) is 24.1 Å². The van der Waals surface area contributed by atoms with Crippen LogP contribution in [0.1, 0.15) is 6.23 Å². The molecular weight excluding hydrogens is 564 g/mol. The first-order valence-corrected chi connectivity index (χ1v) is 13.7. The van der Waals surface area contributed by atoms with Crippen molar-refractivity contribution < 1.29 is 72.4 Å². The summed E-state index contributed by atoms with van der Waals surface area (Å²) in [5.74, 6) is 0.0411. The fourth-order valence-electron chi connectivity index (χ4n) is 3.78. The van der Waals surface area contributed by atoms with Gasteiger partial charge in [0.25, 0.3) is 0 Å². The van der Waals surface area contributed by atoms with E-state index in [9.17, 15) is 44.4 Å². The Bertz CT molecular complexity index is 1230. The Balaban J connectivity index is 1.38. The SMILES string of the molecule is Nc1ncnc2c1ncn2[C@@H]1O[C@H](COP(=O)(O)OP(=O)(O)O[C@@H]2OC(CO)[C@@H](O)C(O)[C@@H]2O)[C@@H](O)[C@H]1O. The van der Waals surface area contributed by atoms with Gasteiger partial charge in [0.15, 0.2) is 24.0 Å². The molecule has 4 heterocycles. The largest absolute Gasteiger partial charge is 0.483 e. The quantitative estimate of drug-likeness (QED) is 0.126. The van der Waals surface area contributed by atoms with Gasteiger partial charge in [0.05, 0.1) is 19.5 Å². The summed E-state index contributed by atoms with van der Waals surface area (Å²) in [5.41, 5.74) is 6.05. The second-order valence-electron chi connectivity index (χ2n) is 8.25. The van der Waals surface area contributed by atoms with Crippen LogP contribution in [0.15, 0.2) is 12.7 Å². The van der Waals surface area contributed by atoms with Crippen molar-refractivity contribution in [2.75, 3.05) is 18.9 Å². The summed E-state index contributed by atoms with van der Waals surface area (Å²) in [4.78, 5) is 31.5. The Kier molecular flexibility index (Phi) is 8.51. The van der Waals surface area contributed by atoms with E-state index in [4.69, 9.17) is 20.3 Å². The molecule has 2 fully saturated rings. The lowest BCUT2D eigenvalue weighted by Crippen LogP contribution is -2.58. The van der Waals surface area contributed by atoms with Crippen LogP contribution < -0.4 is 5.73 Å². The van der Waals surface area contributed by atoms with Gasteiger partial charge in [0.2, 0.25) is 0 Å². The van der Waals surface area contributed by atoms with E-state index in [2.05, 4.69) is 28.3 Å². The van der Waals surface area contributed by atoms with Gasteiger partial charge in [0.1, 0.15) is 54.6 Å². The predicted molar refractivity (Wildman–Crippen MR) is 117 cm³/mol. The van der Waals surface area contributed by atoms with Crippen LogP contribution in [0.25, 0.3) is 11.2 Å². The molecular formula is C16H25N5O15P2. The highest BCUT2D eigenvalue weighted by molar-refractivity contribution is 7.61. The van der Waals surface area contributed by atoms with E-state index < -0.39 is 84.1 Å². The zero-order chi connectivity index (χ0) is 28.0. The van der Waals surface area contributed by atoms with E-state index in [1.165, 1.54) is 10.9 Å². The number of aromatic nitrogens is 4. The summed E-state index contributed by atoms with van der Waals surface area (Å²) in [6.45, 7) is -1.82. The summed E-state index contributed by atoms with van der Waals surface area (Å²) < 4.78 is 49.3. The van der Waals surface area contributed by atoms with Crippen molar-refractivity contribution in [1.29, 1.82) is 0 Å². The van der Waals surface area contributed by atoms with Gasteiger partial charge in [0, 0.05) is 0 Å². The number of imidazole rings is 1. The van der Waals surface area contributed by atoms with Crippen LogP contribution in [-0.4, -0.2) is 122 Å². The summed E-state index contributed by atoms with van der Waals surface area (Å²) in [5, 5.41) is 59.2. The predicted octanol–water partition coefficient (Wildman–Crippen LogP) is -3.92. The molecule has 4 rings (SSSR count). The van der Waals surface area contributed by atoms with Gasteiger partial charge in [-0.05, 0) is 0 Å². The number of nitrogen functional groups attached to an aromatic ring is 1. The molecule has 38 heavy (non-hydrogen) atoms. The average molecular weight is 589 g/mol. The number of ether oxygens (including phenoxy) is 2. The molecule has 2 aromatic heterocycles. The number of nitrogens with zero attached hydrogens (tertiary/aromatic N) is 4. The van der Waals surface area contributed by atoms with Gasteiger partial charge >= 0.3 is 15.6 Å². The first kappa shape index (κ1) is 29.3. The highest BCUT2D eigenvalue weighted by Gasteiger charge is 2.49. The van der Waals surface area contributed by atoms with E-state index in [0.29, 0.717) is 0 Å². The zero-order valence-electron chi connectivity index (χ0n) is 19.0. The van der Waals surface area contributed by atoms with Crippen molar-refractivity contribution in [3.05, 3.63) is 12.7 Å². The highest BCUT2D eigenvalue weighted by atomic mass is 31.3. The monoisotopic (exact) mass is 589 g/mol. The van der Waals surface area contributed by atoms with Crippen LogP contribution in [0.2, 0.25) is 0 Å². The summed E-state index contributed by atoms with van der Waals surface area (Å²) in [6.07, 6.45) is -13.3. The molecule has 0 aliphatic carbocycles. The number of hydrogen-bond acceptors (Lipinski definition) is 17. The minimum atomic E-state index is -5.56. The molecule has 0 bridgehead atoms. The molecule has 0 saturated carbocycles. The maximum absolute atomic E-state index is 12.3. The van der Waals surface area contributed by atoms with Crippen LogP contribution >= 0.6 is 15.6 Å². The molecule has 0 radical (unpaired) electrons. The third-order valence-corrected chi connectivity index (χ3v) is 8.29. The van der Waals surface area contributed by atoms with E-state index >= 15 is 0 Å². The standard InChI is InChI=1S/C16H25N5O15P2/c17-13-7-14(19-3-18-13)21(4-20-7)15-11(26)9(24)6(33-15)2-32-37(28,29)36-38(30,31)35-16-12(27)10(25)8(23)5(1-22)34-16/h3-6,8-12,15-16,22-27H,1-2H2,(H,28,29)(H,30,31)(H2,17,18,19)/t5?,6-,8-,9-,10?,11-,12+,15-,16+/m1/s1. The van der Waals surface area contributed by atoms with Gasteiger partial charge in [-0.15, -0.1) is 0 Å². The van der Waals surface area contributed by atoms with Gasteiger partial charge in [-0.1, -0.05) is 0 Å². The zero-order valence-corrected chi connectivity index (χ0v) is 20.7. The van der Waals surface area contributed by atoms with Crippen molar-refractivity contribution in [3.63, 3.8) is 0 Å². The number of phosphoric acid groups is 2. The number of aliphatic hydroxyl groups is 6. The molecule has 2 aromatic rings. The summed E-state index contributed by atoms with van der Waals surface area (Å²) in [6, 6.07) is 0. The normalized spacial score (nSPS) is 37.2. The van der Waals surface area contributed by atoms with E-state index in [1.807, 2.05) is 0 Å². The molecule has 22 heteroatoms. The fourth-order valence-corrected chi connectivity index (χ4v) is 5.94. The molecule has 2 aliphatic heterocycles. The first-order chi connectivity index (χ1) is 17.7. The topological polar surface area (TPSA) is 312 Å². The molecule has 2 saturated heterocycles. The molecule has 2 aliphatic rings. The fraction of sp³-hybridized carbons (Fsp3) is 0.688. The Labute approximate surface area is 212 Å². The third-order valence-electron chi connectivity index (χ3n) is 5.69. The van der Waals surface area contributed by atoms with Crippen LogP contribution in [0, 0.1) is 0 Å². The second-order valence-corrected chi connectivity index (χ2v) is 11.2. The van der Waals surface area contributed by atoms with Crippen molar-refractivity contribution in [1.82, 2.24) is 19.5 Å². The molecule has 0 spiro atoms. The second kappa shape index (κ2) is 11.0. The van der Waals surface area contributed by atoms with Crippen LogP contribution in [0.3, 0.4) is 0 Å². The summed E-state index contributed by atoms with van der Waals surface area (Å²) in [7, 11) is -11.0. The lowest BCUT2D eigenvalue weighted by molar-refractivity contribution is -0.280. The molecule has 0 aromatic carbocycles. The molecule has 20 nitrogen and oxygen atoms in total. The Morgan fingerprint density at radius 2 is 1.61 bits per heavy atom. The molecule has 214 valence electrons. The van der Waals surface area contributed by atoms with E-state index in [0.717, 1.165) is 6.33 Å². The molecule has 4 unspecified atom stereocenters. The van der Waals surface area contributed by atoms with Gasteiger partial charge in [-0.3, -0.25) is 13.6 Å². The maximum atomic E-state index is 12.3. The smallest absolute Gasteiger partial charge is 0.394 e. The van der Waals surface area contributed by atoms with E-state index in [1.54, 1.807) is 0 Å². The van der Waals surface area contributed by atoms with Crippen molar-refractivity contribution in [2.45, 2.75) is 55.2 Å². The van der Waals surface area contributed by atoms with Crippen LogP contribution in [0.4, 0.5) is 5.82 Å². The Morgan fingerprint density at radius 3 is 2.29 bits per heavy atom. The number of hydrogen-bond donors (Lipinski definition) is 9. The minimum absolute atomic E-state index is 0.0411. The maximum Gasteiger partial charge on any atom is 0.483 e. The Morgan fingerprint density at radius 1 is 0.921 bits per heavy atom.